The highest BCUT2D eigenvalue weighted by Gasteiger charge is 2.22. The van der Waals surface area contributed by atoms with Crippen molar-refractivity contribution in [3.8, 4) is 0 Å². The average Bonchev–Trinajstić information content (AvgIpc) is 2.16. The zero-order valence-electron chi connectivity index (χ0n) is 11.0. The summed E-state index contributed by atoms with van der Waals surface area (Å²) in [7, 11) is 0. The molecule has 90 valence electrons. The van der Waals surface area contributed by atoms with Crippen LogP contribution in [0.3, 0.4) is 0 Å². The molecule has 15 heavy (non-hydrogen) atoms. The second-order valence-electron chi connectivity index (χ2n) is 6.04. The van der Waals surface area contributed by atoms with Crippen molar-refractivity contribution in [2.24, 2.45) is 5.41 Å². The van der Waals surface area contributed by atoms with Crippen LogP contribution in [0.4, 0.5) is 0 Å². The zero-order chi connectivity index (χ0) is 11.3. The Morgan fingerprint density at radius 3 is 2.27 bits per heavy atom. The van der Waals surface area contributed by atoms with Crippen LogP contribution in [0.1, 0.15) is 47.0 Å². The lowest BCUT2D eigenvalue weighted by Crippen LogP contribution is -2.43. The first kappa shape index (κ1) is 13.0. The number of nitrogens with one attached hydrogen (secondary N) is 1. The molecule has 0 aromatic carbocycles. The molecule has 1 heterocycles. The molecule has 0 atom stereocenters. The minimum absolute atomic E-state index is 0.404. The molecule has 2 heteroatoms. The van der Waals surface area contributed by atoms with E-state index in [0.29, 0.717) is 11.5 Å². The summed E-state index contributed by atoms with van der Waals surface area (Å²) in [5, 5.41) is 3.55. The van der Waals surface area contributed by atoms with Gasteiger partial charge in [0.15, 0.2) is 0 Å². The van der Waals surface area contributed by atoms with Crippen molar-refractivity contribution in [2.75, 3.05) is 26.2 Å². The van der Waals surface area contributed by atoms with E-state index in [1.54, 1.807) is 0 Å². The van der Waals surface area contributed by atoms with Gasteiger partial charge in [0.1, 0.15) is 0 Å². The van der Waals surface area contributed by atoms with Crippen LogP contribution in [0, 0.1) is 5.41 Å². The van der Waals surface area contributed by atoms with Gasteiger partial charge in [-0.3, -0.25) is 0 Å². The van der Waals surface area contributed by atoms with Gasteiger partial charge in [-0.1, -0.05) is 34.1 Å². The van der Waals surface area contributed by atoms with Crippen LogP contribution in [0.5, 0.6) is 0 Å². The molecule has 1 aliphatic rings. The first-order valence-corrected chi connectivity index (χ1v) is 6.45. The second kappa shape index (κ2) is 5.86. The van der Waals surface area contributed by atoms with Crippen LogP contribution < -0.4 is 5.32 Å². The lowest BCUT2D eigenvalue weighted by Gasteiger charge is -2.35. The standard InChI is InChI=1S/C13H28N2/c1-12(2)14-10-13(3,4)11-15-8-6-5-7-9-15/h12,14H,5-11H2,1-4H3. The highest BCUT2D eigenvalue weighted by atomic mass is 15.1. The average molecular weight is 212 g/mol. The Morgan fingerprint density at radius 1 is 1.13 bits per heavy atom. The van der Waals surface area contributed by atoms with Gasteiger partial charge in [-0.2, -0.15) is 0 Å². The number of nitrogens with zero attached hydrogens (tertiary/aromatic N) is 1. The Balaban J connectivity index is 2.26. The van der Waals surface area contributed by atoms with Gasteiger partial charge in [-0.15, -0.1) is 0 Å². The third kappa shape index (κ3) is 5.53. The summed E-state index contributed by atoms with van der Waals surface area (Å²) in [4.78, 5) is 2.63. The molecule has 0 bridgehead atoms. The van der Waals surface area contributed by atoms with Gasteiger partial charge in [-0.25, -0.2) is 0 Å². The summed E-state index contributed by atoms with van der Waals surface area (Å²) in [6.07, 6.45) is 4.22. The minimum atomic E-state index is 0.404. The molecule has 0 radical (unpaired) electrons. The first-order chi connectivity index (χ1) is 6.99. The predicted octanol–water partition coefficient (Wildman–Crippen LogP) is 2.50. The van der Waals surface area contributed by atoms with E-state index >= 15 is 0 Å². The quantitative estimate of drug-likeness (QED) is 0.753. The predicted molar refractivity (Wildman–Crippen MR) is 67.2 cm³/mol. The van der Waals surface area contributed by atoms with Gasteiger partial charge in [0.2, 0.25) is 0 Å². The maximum atomic E-state index is 3.55. The van der Waals surface area contributed by atoms with Crippen molar-refractivity contribution >= 4 is 0 Å². The number of piperidine rings is 1. The highest BCUT2D eigenvalue weighted by Crippen LogP contribution is 2.19. The fourth-order valence-electron chi connectivity index (χ4n) is 2.26. The van der Waals surface area contributed by atoms with Gasteiger partial charge in [0.05, 0.1) is 0 Å². The van der Waals surface area contributed by atoms with Gasteiger partial charge < -0.3 is 10.2 Å². The monoisotopic (exact) mass is 212 g/mol. The summed E-state index contributed by atoms with van der Waals surface area (Å²) in [5.41, 5.74) is 0.404. The maximum absolute atomic E-state index is 3.55. The first-order valence-electron chi connectivity index (χ1n) is 6.45. The van der Waals surface area contributed by atoms with Crippen LogP contribution in [-0.4, -0.2) is 37.1 Å². The Kier molecular flexibility index (Phi) is 5.07. The number of likely N-dealkylation sites (tertiary alicyclic amines) is 1. The van der Waals surface area contributed by atoms with Crippen LogP contribution in [-0.2, 0) is 0 Å². The van der Waals surface area contributed by atoms with E-state index in [2.05, 4.69) is 37.9 Å². The van der Waals surface area contributed by atoms with Crippen LogP contribution in [0.15, 0.2) is 0 Å². The van der Waals surface area contributed by atoms with Crippen LogP contribution in [0.25, 0.3) is 0 Å². The molecule has 0 amide bonds. The Morgan fingerprint density at radius 2 is 1.73 bits per heavy atom. The summed E-state index contributed by atoms with van der Waals surface area (Å²) < 4.78 is 0. The minimum Gasteiger partial charge on any atom is -0.314 e. The Bertz CT molecular complexity index is 169. The maximum Gasteiger partial charge on any atom is 0.00448 e. The molecular weight excluding hydrogens is 184 g/mol. The molecule has 1 rings (SSSR count). The van der Waals surface area contributed by atoms with E-state index in [1.165, 1.54) is 38.9 Å². The lowest BCUT2D eigenvalue weighted by atomic mass is 9.91. The molecule has 0 saturated carbocycles. The van der Waals surface area contributed by atoms with Crippen LogP contribution in [0.2, 0.25) is 0 Å². The SMILES string of the molecule is CC(C)NCC(C)(C)CN1CCCCC1. The molecule has 0 aromatic rings. The smallest absolute Gasteiger partial charge is 0.00448 e. The molecule has 1 N–H and O–H groups in total. The van der Waals surface area contributed by atoms with Crippen molar-refractivity contribution in [3.63, 3.8) is 0 Å². The fraction of sp³-hybridized carbons (Fsp3) is 1.00. The number of hydrogen-bond donors (Lipinski definition) is 1. The summed E-state index contributed by atoms with van der Waals surface area (Å²) in [6.45, 7) is 14.2. The summed E-state index contributed by atoms with van der Waals surface area (Å²) in [6, 6.07) is 0.602. The van der Waals surface area contributed by atoms with Gasteiger partial charge in [0.25, 0.3) is 0 Å². The number of rotatable bonds is 5. The molecule has 1 saturated heterocycles. The van der Waals surface area contributed by atoms with Crippen LogP contribution >= 0.6 is 0 Å². The van der Waals surface area contributed by atoms with Crippen molar-refractivity contribution in [3.05, 3.63) is 0 Å². The molecular formula is C13H28N2. The van der Waals surface area contributed by atoms with E-state index in [4.69, 9.17) is 0 Å². The summed E-state index contributed by atoms with van der Waals surface area (Å²) >= 11 is 0. The molecule has 1 fully saturated rings. The second-order valence-corrected chi connectivity index (χ2v) is 6.04. The van der Waals surface area contributed by atoms with E-state index in [-0.39, 0.29) is 0 Å². The molecule has 1 aliphatic heterocycles. The van der Waals surface area contributed by atoms with Crippen molar-refractivity contribution in [1.82, 2.24) is 10.2 Å². The molecule has 2 nitrogen and oxygen atoms in total. The highest BCUT2D eigenvalue weighted by molar-refractivity contribution is 4.78. The molecule has 0 unspecified atom stereocenters. The van der Waals surface area contributed by atoms with E-state index in [1.807, 2.05) is 0 Å². The molecule has 0 aliphatic carbocycles. The largest absolute Gasteiger partial charge is 0.314 e. The zero-order valence-corrected chi connectivity index (χ0v) is 11.0. The van der Waals surface area contributed by atoms with Gasteiger partial charge in [-0.05, 0) is 31.3 Å². The van der Waals surface area contributed by atoms with Gasteiger partial charge in [0, 0.05) is 19.1 Å². The van der Waals surface area contributed by atoms with Crippen molar-refractivity contribution in [2.45, 2.75) is 53.0 Å². The lowest BCUT2D eigenvalue weighted by molar-refractivity contribution is 0.149. The van der Waals surface area contributed by atoms with E-state index < -0.39 is 0 Å². The normalized spacial score (nSPS) is 19.8. The third-order valence-electron chi connectivity index (χ3n) is 3.09. The van der Waals surface area contributed by atoms with Crippen molar-refractivity contribution in [1.29, 1.82) is 0 Å². The topological polar surface area (TPSA) is 15.3 Å². The molecule has 0 aromatic heterocycles. The van der Waals surface area contributed by atoms with Crippen molar-refractivity contribution < 1.29 is 0 Å². The Hall–Kier alpha value is -0.0800. The van der Waals surface area contributed by atoms with E-state index in [0.717, 1.165) is 6.54 Å². The van der Waals surface area contributed by atoms with E-state index in [9.17, 15) is 0 Å². The van der Waals surface area contributed by atoms with Gasteiger partial charge >= 0.3 is 0 Å². The summed E-state index contributed by atoms with van der Waals surface area (Å²) in [5.74, 6) is 0. The fourth-order valence-corrected chi connectivity index (χ4v) is 2.26. The third-order valence-corrected chi connectivity index (χ3v) is 3.09. The Labute approximate surface area is 95.4 Å². The number of hydrogen-bond acceptors (Lipinski definition) is 2. The molecule has 0 spiro atoms.